The van der Waals surface area contributed by atoms with Crippen molar-refractivity contribution in [2.75, 3.05) is 0 Å². The van der Waals surface area contributed by atoms with E-state index in [2.05, 4.69) is 15.7 Å². The fourth-order valence-electron chi connectivity index (χ4n) is 2.80. The fraction of sp³-hybridized carbons (Fsp3) is 0.0476. The molecule has 2 N–H and O–H groups in total. The second-order valence-corrected chi connectivity index (χ2v) is 6.04. The van der Waals surface area contributed by atoms with Crippen LogP contribution in [0.15, 0.2) is 72.8 Å². The first-order valence-corrected chi connectivity index (χ1v) is 8.41. The molecule has 0 unspecified atom stereocenters. The molecule has 6 heteroatoms. The minimum absolute atomic E-state index is 0.279. The van der Waals surface area contributed by atoms with Gasteiger partial charge in [-0.05, 0) is 48.0 Å². The molecule has 3 aromatic carbocycles. The summed E-state index contributed by atoms with van der Waals surface area (Å²) in [4.78, 5) is 17.7. The topological polar surface area (TPSA) is 67.0 Å². The lowest BCUT2D eigenvalue weighted by Crippen LogP contribution is -2.23. The Morgan fingerprint density at radius 1 is 1.04 bits per heavy atom. The monoisotopic (exact) mass is 361 g/mol. The normalized spacial score (nSPS) is 10.9. The molecule has 0 bridgehead atoms. The average Bonchev–Trinajstić information content (AvgIpc) is 3.12. The number of fused-ring (bicyclic) bond motifs is 1. The highest BCUT2D eigenvalue weighted by atomic mass is 19.1. The maximum atomic E-state index is 13.2. The number of H-pyrrole nitrogens is 1. The highest BCUT2D eigenvalue weighted by molar-refractivity contribution is 6.01. The van der Waals surface area contributed by atoms with E-state index >= 15 is 0 Å². The van der Waals surface area contributed by atoms with Crippen LogP contribution in [0.4, 0.5) is 4.39 Å². The van der Waals surface area contributed by atoms with E-state index in [1.807, 2.05) is 30.3 Å². The Bertz CT molecular complexity index is 1080. The van der Waals surface area contributed by atoms with Gasteiger partial charge in [0.05, 0.1) is 17.8 Å². The van der Waals surface area contributed by atoms with Crippen molar-refractivity contribution in [3.63, 3.8) is 0 Å². The SMILES string of the molecule is O=C(NOCc1ccccc1)c1ccc2[nH]nc(-c3ccc(F)cc3)c2c1. The molecule has 27 heavy (non-hydrogen) atoms. The maximum Gasteiger partial charge on any atom is 0.274 e. The van der Waals surface area contributed by atoms with Crippen LogP contribution in [0.1, 0.15) is 15.9 Å². The number of carbonyl (C=O) groups is 1. The number of benzene rings is 3. The molecule has 4 aromatic rings. The van der Waals surface area contributed by atoms with Gasteiger partial charge in [-0.25, -0.2) is 9.87 Å². The minimum Gasteiger partial charge on any atom is -0.277 e. The third kappa shape index (κ3) is 3.70. The lowest BCUT2D eigenvalue weighted by Gasteiger charge is -2.06. The van der Waals surface area contributed by atoms with Crippen molar-refractivity contribution in [2.24, 2.45) is 0 Å². The van der Waals surface area contributed by atoms with E-state index in [0.29, 0.717) is 11.3 Å². The molecule has 0 aliphatic rings. The van der Waals surface area contributed by atoms with Crippen molar-refractivity contribution in [3.05, 3.63) is 89.7 Å². The van der Waals surface area contributed by atoms with E-state index in [1.165, 1.54) is 12.1 Å². The van der Waals surface area contributed by atoms with Crippen LogP contribution in [0.5, 0.6) is 0 Å². The second kappa shape index (κ2) is 7.39. The standard InChI is InChI=1S/C21H16FN3O2/c22-17-9-6-15(7-10-17)20-18-12-16(8-11-19(18)23-24-20)21(26)25-27-13-14-4-2-1-3-5-14/h1-12H,13H2,(H,23,24)(H,25,26). The molecular weight excluding hydrogens is 345 g/mol. The van der Waals surface area contributed by atoms with E-state index in [0.717, 1.165) is 22.0 Å². The molecule has 0 fully saturated rings. The number of hydrogen-bond donors (Lipinski definition) is 2. The summed E-state index contributed by atoms with van der Waals surface area (Å²) in [5.41, 5.74) is 6.07. The van der Waals surface area contributed by atoms with Crippen LogP contribution in [0.25, 0.3) is 22.2 Å². The number of aromatic amines is 1. The smallest absolute Gasteiger partial charge is 0.274 e. The number of aromatic nitrogens is 2. The van der Waals surface area contributed by atoms with Crippen LogP contribution in [0.3, 0.4) is 0 Å². The summed E-state index contributed by atoms with van der Waals surface area (Å²) in [7, 11) is 0. The first-order valence-electron chi connectivity index (χ1n) is 8.41. The van der Waals surface area contributed by atoms with E-state index in [9.17, 15) is 9.18 Å². The third-order valence-electron chi connectivity index (χ3n) is 4.19. The number of halogens is 1. The Labute approximate surface area is 154 Å². The highest BCUT2D eigenvalue weighted by Gasteiger charge is 2.12. The Balaban J connectivity index is 1.53. The van der Waals surface area contributed by atoms with Crippen molar-refractivity contribution in [3.8, 4) is 11.3 Å². The van der Waals surface area contributed by atoms with Gasteiger partial charge in [0, 0.05) is 16.5 Å². The van der Waals surface area contributed by atoms with Crippen LogP contribution in [-0.2, 0) is 11.4 Å². The lowest BCUT2D eigenvalue weighted by atomic mass is 10.1. The molecule has 0 aliphatic heterocycles. The van der Waals surface area contributed by atoms with E-state index in [1.54, 1.807) is 30.3 Å². The van der Waals surface area contributed by atoms with Gasteiger partial charge < -0.3 is 0 Å². The van der Waals surface area contributed by atoms with Crippen LogP contribution >= 0.6 is 0 Å². The number of rotatable bonds is 5. The molecule has 1 heterocycles. The molecule has 1 amide bonds. The zero-order valence-corrected chi connectivity index (χ0v) is 14.3. The number of hydroxylamine groups is 1. The van der Waals surface area contributed by atoms with Crippen molar-refractivity contribution in [1.82, 2.24) is 15.7 Å². The Morgan fingerprint density at radius 3 is 2.59 bits per heavy atom. The summed E-state index contributed by atoms with van der Waals surface area (Å²) in [5, 5.41) is 7.99. The summed E-state index contributed by atoms with van der Waals surface area (Å²) in [6, 6.07) is 20.8. The Morgan fingerprint density at radius 2 is 1.81 bits per heavy atom. The quantitative estimate of drug-likeness (QED) is 0.523. The van der Waals surface area contributed by atoms with Gasteiger partial charge >= 0.3 is 0 Å². The van der Waals surface area contributed by atoms with Crippen molar-refractivity contribution >= 4 is 16.8 Å². The first-order chi connectivity index (χ1) is 13.2. The van der Waals surface area contributed by atoms with Gasteiger partial charge in [0.2, 0.25) is 0 Å². The number of amides is 1. The zero-order valence-electron chi connectivity index (χ0n) is 14.3. The summed E-state index contributed by atoms with van der Waals surface area (Å²) in [6.07, 6.45) is 0. The van der Waals surface area contributed by atoms with E-state index < -0.39 is 0 Å². The molecule has 0 spiro atoms. The number of hydrogen-bond acceptors (Lipinski definition) is 3. The van der Waals surface area contributed by atoms with Crippen molar-refractivity contribution in [1.29, 1.82) is 0 Å². The van der Waals surface area contributed by atoms with Gasteiger partial charge in [-0.2, -0.15) is 5.10 Å². The number of nitrogens with zero attached hydrogens (tertiary/aromatic N) is 1. The summed E-state index contributed by atoms with van der Waals surface area (Å²) >= 11 is 0. The maximum absolute atomic E-state index is 13.2. The molecule has 4 rings (SSSR count). The van der Waals surface area contributed by atoms with Crippen molar-refractivity contribution in [2.45, 2.75) is 6.61 Å². The predicted octanol–water partition coefficient (Wildman–Crippen LogP) is 4.23. The van der Waals surface area contributed by atoms with Gasteiger partial charge in [0.15, 0.2) is 0 Å². The molecule has 0 atom stereocenters. The number of nitrogens with one attached hydrogen (secondary N) is 2. The summed E-state index contributed by atoms with van der Waals surface area (Å²) in [5.74, 6) is -0.659. The molecule has 0 aliphatic carbocycles. The molecule has 0 saturated heterocycles. The Kier molecular flexibility index (Phi) is 4.63. The van der Waals surface area contributed by atoms with Crippen LogP contribution in [0, 0.1) is 5.82 Å². The summed E-state index contributed by atoms with van der Waals surface area (Å²) < 4.78 is 13.2. The highest BCUT2D eigenvalue weighted by Crippen LogP contribution is 2.27. The lowest BCUT2D eigenvalue weighted by molar-refractivity contribution is 0.0233. The van der Waals surface area contributed by atoms with Gasteiger partial charge in [0.1, 0.15) is 5.82 Å². The number of carbonyl (C=O) groups excluding carboxylic acids is 1. The molecule has 0 radical (unpaired) electrons. The largest absolute Gasteiger partial charge is 0.277 e. The van der Waals surface area contributed by atoms with Crippen LogP contribution in [0.2, 0.25) is 0 Å². The van der Waals surface area contributed by atoms with Crippen LogP contribution < -0.4 is 5.48 Å². The van der Waals surface area contributed by atoms with Gasteiger partial charge in [-0.15, -0.1) is 0 Å². The third-order valence-corrected chi connectivity index (χ3v) is 4.19. The second-order valence-electron chi connectivity index (χ2n) is 6.04. The van der Waals surface area contributed by atoms with Gasteiger partial charge in [-0.3, -0.25) is 14.7 Å². The molecule has 1 aromatic heterocycles. The van der Waals surface area contributed by atoms with Gasteiger partial charge in [-0.1, -0.05) is 30.3 Å². The molecule has 5 nitrogen and oxygen atoms in total. The van der Waals surface area contributed by atoms with Gasteiger partial charge in [0.25, 0.3) is 5.91 Å². The van der Waals surface area contributed by atoms with Crippen molar-refractivity contribution < 1.29 is 14.0 Å². The summed E-state index contributed by atoms with van der Waals surface area (Å²) in [6.45, 7) is 0.279. The van der Waals surface area contributed by atoms with E-state index in [-0.39, 0.29) is 18.3 Å². The Hall–Kier alpha value is -3.51. The first kappa shape index (κ1) is 16.9. The predicted molar refractivity (Wildman–Crippen MR) is 100 cm³/mol. The molecular formula is C21H16FN3O2. The molecule has 134 valence electrons. The average molecular weight is 361 g/mol. The zero-order chi connectivity index (χ0) is 18.6. The fourth-order valence-corrected chi connectivity index (χ4v) is 2.80. The molecule has 0 saturated carbocycles. The van der Waals surface area contributed by atoms with Crippen LogP contribution in [-0.4, -0.2) is 16.1 Å². The van der Waals surface area contributed by atoms with E-state index in [4.69, 9.17) is 4.84 Å². The minimum atomic E-state index is -0.348.